The summed E-state index contributed by atoms with van der Waals surface area (Å²) in [5.41, 5.74) is 0.686. The SMILES string of the molecule is O=C[C@H]1CCC2(CC2)C1. The van der Waals surface area contributed by atoms with Gasteiger partial charge >= 0.3 is 0 Å². The molecule has 2 saturated carbocycles. The molecule has 0 radical (unpaired) electrons. The van der Waals surface area contributed by atoms with Crippen LogP contribution in [0.5, 0.6) is 0 Å². The highest BCUT2D eigenvalue weighted by Crippen LogP contribution is 2.59. The molecule has 2 fully saturated rings. The minimum absolute atomic E-state index is 0.424. The topological polar surface area (TPSA) is 17.1 Å². The van der Waals surface area contributed by atoms with Crippen molar-refractivity contribution in [3.8, 4) is 0 Å². The second kappa shape index (κ2) is 1.59. The van der Waals surface area contributed by atoms with Crippen LogP contribution in [0, 0.1) is 11.3 Å². The molecular weight excluding hydrogens is 112 g/mol. The quantitative estimate of drug-likeness (QED) is 0.487. The Kier molecular flexibility index (Phi) is 0.961. The van der Waals surface area contributed by atoms with Gasteiger partial charge in [0.25, 0.3) is 0 Å². The van der Waals surface area contributed by atoms with Crippen LogP contribution in [0.15, 0.2) is 0 Å². The Morgan fingerprint density at radius 1 is 1.33 bits per heavy atom. The fraction of sp³-hybridized carbons (Fsp3) is 0.875. The van der Waals surface area contributed by atoms with E-state index in [0.29, 0.717) is 11.3 Å². The second-order valence-corrected chi connectivity index (χ2v) is 3.64. The van der Waals surface area contributed by atoms with E-state index in [9.17, 15) is 4.79 Å². The van der Waals surface area contributed by atoms with Crippen LogP contribution in [0.25, 0.3) is 0 Å². The molecule has 0 saturated heterocycles. The summed E-state index contributed by atoms with van der Waals surface area (Å²) in [6.07, 6.45) is 7.65. The van der Waals surface area contributed by atoms with E-state index in [1.54, 1.807) is 0 Å². The first-order valence-corrected chi connectivity index (χ1v) is 3.80. The monoisotopic (exact) mass is 124 g/mol. The molecule has 0 amide bonds. The lowest BCUT2D eigenvalue weighted by molar-refractivity contribution is -0.111. The third-order valence-electron chi connectivity index (χ3n) is 2.89. The molecule has 9 heavy (non-hydrogen) atoms. The average Bonchev–Trinajstić information content (AvgIpc) is 2.44. The van der Waals surface area contributed by atoms with Crippen LogP contribution in [0.3, 0.4) is 0 Å². The fourth-order valence-electron chi connectivity index (χ4n) is 2.00. The molecule has 0 unspecified atom stereocenters. The van der Waals surface area contributed by atoms with E-state index in [1.807, 2.05) is 0 Å². The van der Waals surface area contributed by atoms with Crippen LogP contribution >= 0.6 is 0 Å². The lowest BCUT2D eigenvalue weighted by Gasteiger charge is -2.00. The molecule has 0 aliphatic heterocycles. The highest BCUT2D eigenvalue weighted by molar-refractivity contribution is 5.54. The summed E-state index contributed by atoms with van der Waals surface area (Å²) in [4.78, 5) is 10.3. The summed E-state index contributed by atoms with van der Waals surface area (Å²) in [6, 6.07) is 0. The van der Waals surface area contributed by atoms with Crippen LogP contribution in [0.4, 0.5) is 0 Å². The van der Waals surface area contributed by atoms with Gasteiger partial charge in [-0.05, 0) is 37.5 Å². The number of hydrogen-bond donors (Lipinski definition) is 0. The zero-order valence-electron chi connectivity index (χ0n) is 5.60. The number of hydrogen-bond acceptors (Lipinski definition) is 1. The maximum atomic E-state index is 10.3. The Morgan fingerprint density at radius 2 is 2.11 bits per heavy atom. The van der Waals surface area contributed by atoms with Crippen molar-refractivity contribution in [1.82, 2.24) is 0 Å². The summed E-state index contributed by atoms with van der Waals surface area (Å²) >= 11 is 0. The Labute approximate surface area is 55.4 Å². The molecule has 0 heterocycles. The first-order valence-electron chi connectivity index (χ1n) is 3.80. The van der Waals surface area contributed by atoms with Crippen LogP contribution in [0.1, 0.15) is 32.1 Å². The Bertz CT molecular complexity index is 136. The van der Waals surface area contributed by atoms with E-state index in [-0.39, 0.29) is 0 Å². The van der Waals surface area contributed by atoms with Crippen molar-refractivity contribution in [2.45, 2.75) is 32.1 Å². The zero-order chi connectivity index (χ0) is 6.32. The molecule has 2 aliphatic carbocycles. The van der Waals surface area contributed by atoms with Gasteiger partial charge in [-0.25, -0.2) is 0 Å². The highest BCUT2D eigenvalue weighted by Gasteiger charge is 2.47. The largest absolute Gasteiger partial charge is 0.303 e. The van der Waals surface area contributed by atoms with Gasteiger partial charge in [-0.1, -0.05) is 0 Å². The van der Waals surface area contributed by atoms with E-state index < -0.39 is 0 Å². The van der Waals surface area contributed by atoms with Crippen molar-refractivity contribution in [3.05, 3.63) is 0 Å². The second-order valence-electron chi connectivity index (χ2n) is 3.64. The van der Waals surface area contributed by atoms with Gasteiger partial charge in [0.15, 0.2) is 0 Å². The first-order chi connectivity index (χ1) is 4.35. The minimum Gasteiger partial charge on any atom is -0.303 e. The van der Waals surface area contributed by atoms with E-state index in [4.69, 9.17) is 0 Å². The molecule has 1 nitrogen and oxygen atoms in total. The minimum atomic E-state index is 0.424. The van der Waals surface area contributed by atoms with Crippen molar-refractivity contribution in [3.63, 3.8) is 0 Å². The van der Waals surface area contributed by atoms with Crippen molar-refractivity contribution < 1.29 is 4.79 Å². The maximum Gasteiger partial charge on any atom is 0.123 e. The van der Waals surface area contributed by atoms with Gasteiger partial charge in [0.2, 0.25) is 0 Å². The van der Waals surface area contributed by atoms with E-state index in [0.717, 1.165) is 6.29 Å². The molecular formula is C8H12O. The van der Waals surface area contributed by atoms with Gasteiger partial charge in [0.05, 0.1) is 0 Å². The fourth-order valence-corrected chi connectivity index (χ4v) is 2.00. The van der Waals surface area contributed by atoms with Crippen LogP contribution in [-0.2, 0) is 4.79 Å². The number of rotatable bonds is 1. The number of carbonyl (C=O) groups excluding carboxylic acids is 1. The van der Waals surface area contributed by atoms with Gasteiger partial charge < -0.3 is 4.79 Å². The Balaban J connectivity index is 2.00. The molecule has 2 aliphatic rings. The molecule has 1 spiro atoms. The molecule has 50 valence electrons. The summed E-state index contributed by atoms with van der Waals surface area (Å²) in [7, 11) is 0. The summed E-state index contributed by atoms with van der Waals surface area (Å²) in [6.45, 7) is 0. The van der Waals surface area contributed by atoms with Gasteiger partial charge in [0, 0.05) is 5.92 Å². The van der Waals surface area contributed by atoms with Gasteiger partial charge in [-0.2, -0.15) is 0 Å². The standard InChI is InChI=1S/C8H12O/c9-6-7-1-2-8(5-7)3-4-8/h6-7H,1-5H2/t7-/m0/s1. The van der Waals surface area contributed by atoms with Gasteiger partial charge in [0.1, 0.15) is 6.29 Å². The van der Waals surface area contributed by atoms with Crippen molar-refractivity contribution in [2.24, 2.45) is 11.3 Å². The molecule has 0 aromatic rings. The van der Waals surface area contributed by atoms with Crippen molar-refractivity contribution >= 4 is 6.29 Å². The Hall–Kier alpha value is -0.330. The van der Waals surface area contributed by atoms with Gasteiger partial charge in [-0.3, -0.25) is 0 Å². The van der Waals surface area contributed by atoms with Crippen molar-refractivity contribution in [2.75, 3.05) is 0 Å². The molecule has 0 N–H and O–H groups in total. The number of carbonyl (C=O) groups is 1. The van der Waals surface area contributed by atoms with E-state index in [2.05, 4.69) is 0 Å². The third-order valence-corrected chi connectivity index (χ3v) is 2.89. The molecule has 2 rings (SSSR count). The number of aldehydes is 1. The lowest BCUT2D eigenvalue weighted by Crippen LogP contribution is -1.96. The molecule has 0 bridgehead atoms. The summed E-state index contributed by atoms with van der Waals surface area (Å²) in [5.74, 6) is 0.424. The zero-order valence-corrected chi connectivity index (χ0v) is 5.60. The summed E-state index contributed by atoms with van der Waals surface area (Å²) < 4.78 is 0. The average molecular weight is 124 g/mol. The Morgan fingerprint density at radius 3 is 2.44 bits per heavy atom. The van der Waals surface area contributed by atoms with Gasteiger partial charge in [-0.15, -0.1) is 0 Å². The molecule has 0 aromatic heterocycles. The third kappa shape index (κ3) is 0.790. The first kappa shape index (κ1) is 5.45. The van der Waals surface area contributed by atoms with Crippen LogP contribution < -0.4 is 0 Å². The predicted octanol–water partition coefficient (Wildman–Crippen LogP) is 1.77. The molecule has 0 aromatic carbocycles. The van der Waals surface area contributed by atoms with Crippen LogP contribution in [0.2, 0.25) is 0 Å². The smallest absolute Gasteiger partial charge is 0.123 e. The maximum absolute atomic E-state index is 10.3. The summed E-state index contributed by atoms with van der Waals surface area (Å²) in [5, 5.41) is 0. The highest BCUT2D eigenvalue weighted by atomic mass is 16.1. The predicted molar refractivity (Wildman–Crippen MR) is 35.1 cm³/mol. The van der Waals surface area contributed by atoms with E-state index >= 15 is 0 Å². The molecule has 1 heteroatoms. The van der Waals surface area contributed by atoms with E-state index in [1.165, 1.54) is 32.1 Å². The van der Waals surface area contributed by atoms with Crippen molar-refractivity contribution in [1.29, 1.82) is 0 Å². The lowest BCUT2D eigenvalue weighted by atomic mass is 10.0. The normalized spacial score (nSPS) is 37.1. The van der Waals surface area contributed by atoms with Crippen LogP contribution in [-0.4, -0.2) is 6.29 Å². The molecule has 1 atom stereocenters.